The molecule has 0 aliphatic carbocycles. The van der Waals surface area contributed by atoms with Gasteiger partial charge in [-0.25, -0.2) is 4.39 Å². The zero-order valence-electron chi connectivity index (χ0n) is 12.1. The predicted octanol–water partition coefficient (Wildman–Crippen LogP) is 3.13. The molecule has 2 aromatic rings. The van der Waals surface area contributed by atoms with Crippen LogP contribution in [0.25, 0.3) is 0 Å². The van der Waals surface area contributed by atoms with Crippen LogP contribution in [-0.2, 0) is 4.74 Å². The molecule has 0 amide bonds. The van der Waals surface area contributed by atoms with Crippen LogP contribution in [-0.4, -0.2) is 27.2 Å². The Balaban J connectivity index is 2.40. The first-order chi connectivity index (χ1) is 10.4. The third-order valence-electron chi connectivity index (χ3n) is 2.67. The molecule has 0 saturated carbocycles. The Morgan fingerprint density at radius 2 is 1.91 bits per heavy atom. The number of aromatic hydroxyl groups is 2. The van der Waals surface area contributed by atoms with Crippen molar-refractivity contribution in [1.82, 2.24) is 4.98 Å². The first kappa shape index (κ1) is 15.6. The number of rotatable bonds is 4. The molecule has 2 rings (SSSR count). The highest BCUT2D eigenvalue weighted by Crippen LogP contribution is 2.30. The summed E-state index contributed by atoms with van der Waals surface area (Å²) in [5.41, 5.74) is 0.494. The summed E-state index contributed by atoms with van der Waals surface area (Å²) in [5, 5.41) is 30.2. The van der Waals surface area contributed by atoms with Crippen molar-refractivity contribution in [3.63, 3.8) is 0 Å². The highest BCUT2D eigenvalue weighted by atomic mass is 19.1. The lowest BCUT2D eigenvalue weighted by atomic mass is 10.2. The van der Waals surface area contributed by atoms with Crippen LogP contribution in [0.2, 0.25) is 0 Å². The quantitative estimate of drug-likeness (QED) is 0.514. The molecular formula is C15H16FN3O3. The van der Waals surface area contributed by atoms with E-state index in [1.807, 2.05) is 0 Å². The Kier molecular flexibility index (Phi) is 4.45. The standard InChI is InChI=1S/C15H16FN3O3/c1-8(2)22-14(17)13-11(20)7-12(21)19-15(13)18-10-5-3-9(16)4-6-10/h3-8,17H,1-2H3,(H3,18,19,20,21). The van der Waals surface area contributed by atoms with E-state index >= 15 is 0 Å². The van der Waals surface area contributed by atoms with Gasteiger partial charge in [0.15, 0.2) is 5.82 Å². The van der Waals surface area contributed by atoms with E-state index in [0.29, 0.717) is 5.69 Å². The third kappa shape index (κ3) is 3.63. The average molecular weight is 305 g/mol. The monoisotopic (exact) mass is 305 g/mol. The van der Waals surface area contributed by atoms with Crippen LogP contribution in [0, 0.1) is 11.2 Å². The van der Waals surface area contributed by atoms with Gasteiger partial charge in [-0.1, -0.05) is 0 Å². The minimum absolute atomic E-state index is 0.0100. The number of halogens is 1. The summed E-state index contributed by atoms with van der Waals surface area (Å²) in [6.07, 6.45) is -0.264. The Bertz CT molecular complexity index is 687. The van der Waals surface area contributed by atoms with Gasteiger partial charge >= 0.3 is 0 Å². The van der Waals surface area contributed by atoms with Gasteiger partial charge in [-0.15, -0.1) is 0 Å². The van der Waals surface area contributed by atoms with E-state index in [0.717, 1.165) is 6.07 Å². The van der Waals surface area contributed by atoms with Gasteiger partial charge in [0.25, 0.3) is 0 Å². The summed E-state index contributed by atoms with van der Waals surface area (Å²) in [4.78, 5) is 3.85. The predicted molar refractivity (Wildman–Crippen MR) is 80.3 cm³/mol. The highest BCUT2D eigenvalue weighted by molar-refractivity contribution is 6.00. The molecule has 0 spiro atoms. The first-order valence-corrected chi connectivity index (χ1v) is 6.58. The van der Waals surface area contributed by atoms with Gasteiger partial charge in [-0.2, -0.15) is 4.98 Å². The second kappa shape index (κ2) is 6.30. The van der Waals surface area contributed by atoms with Gasteiger partial charge in [0.05, 0.1) is 6.10 Å². The van der Waals surface area contributed by atoms with Crippen LogP contribution in [0.5, 0.6) is 11.6 Å². The molecule has 0 atom stereocenters. The van der Waals surface area contributed by atoms with E-state index in [4.69, 9.17) is 10.1 Å². The van der Waals surface area contributed by atoms with Crippen molar-refractivity contribution in [2.45, 2.75) is 20.0 Å². The van der Waals surface area contributed by atoms with Crippen molar-refractivity contribution >= 4 is 17.4 Å². The number of nitrogens with one attached hydrogen (secondary N) is 2. The first-order valence-electron chi connectivity index (χ1n) is 6.58. The van der Waals surface area contributed by atoms with Crippen LogP contribution >= 0.6 is 0 Å². The van der Waals surface area contributed by atoms with E-state index < -0.39 is 11.7 Å². The van der Waals surface area contributed by atoms with Gasteiger partial charge < -0.3 is 20.3 Å². The maximum Gasteiger partial charge on any atom is 0.221 e. The van der Waals surface area contributed by atoms with Crippen LogP contribution in [0.3, 0.4) is 0 Å². The molecule has 0 unspecified atom stereocenters. The fourth-order valence-corrected chi connectivity index (χ4v) is 1.80. The number of pyridine rings is 1. The molecular weight excluding hydrogens is 289 g/mol. The van der Waals surface area contributed by atoms with Gasteiger partial charge in [0.1, 0.15) is 17.1 Å². The van der Waals surface area contributed by atoms with Gasteiger partial charge in [0, 0.05) is 11.8 Å². The molecule has 6 nitrogen and oxygen atoms in total. The normalized spacial score (nSPS) is 10.5. The molecule has 1 aromatic heterocycles. The number of benzene rings is 1. The van der Waals surface area contributed by atoms with Crippen molar-refractivity contribution in [1.29, 1.82) is 5.41 Å². The second-order valence-corrected chi connectivity index (χ2v) is 4.85. The Hall–Kier alpha value is -2.83. The number of ether oxygens (including phenoxy) is 1. The molecule has 7 heteroatoms. The summed E-state index contributed by atoms with van der Waals surface area (Å²) in [5.74, 6) is -1.40. The highest BCUT2D eigenvalue weighted by Gasteiger charge is 2.19. The van der Waals surface area contributed by atoms with E-state index in [9.17, 15) is 14.6 Å². The van der Waals surface area contributed by atoms with Crippen molar-refractivity contribution in [3.8, 4) is 11.6 Å². The minimum atomic E-state index is -0.414. The molecule has 1 aromatic carbocycles. The molecule has 4 N–H and O–H groups in total. The summed E-state index contributed by atoms with van der Waals surface area (Å²) in [6.45, 7) is 3.49. The molecule has 116 valence electrons. The molecule has 1 heterocycles. The van der Waals surface area contributed by atoms with Crippen molar-refractivity contribution in [3.05, 3.63) is 41.7 Å². The summed E-state index contributed by atoms with van der Waals surface area (Å²) in [6, 6.07) is 6.45. The Labute approximate surface area is 126 Å². The summed E-state index contributed by atoms with van der Waals surface area (Å²) in [7, 11) is 0. The van der Waals surface area contributed by atoms with Gasteiger partial charge in [0.2, 0.25) is 11.8 Å². The Morgan fingerprint density at radius 1 is 1.27 bits per heavy atom. The number of aromatic nitrogens is 1. The lowest BCUT2D eigenvalue weighted by molar-refractivity contribution is 0.226. The smallest absolute Gasteiger partial charge is 0.221 e. The van der Waals surface area contributed by atoms with Crippen LogP contribution in [0.15, 0.2) is 30.3 Å². The number of hydrogen-bond donors (Lipinski definition) is 4. The topological polar surface area (TPSA) is 98.5 Å². The van der Waals surface area contributed by atoms with E-state index in [1.165, 1.54) is 24.3 Å². The number of anilines is 2. The second-order valence-electron chi connectivity index (χ2n) is 4.85. The molecule has 0 radical (unpaired) electrons. The number of hydrogen-bond acceptors (Lipinski definition) is 6. The lowest BCUT2D eigenvalue weighted by Crippen LogP contribution is -2.14. The summed E-state index contributed by atoms with van der Waals surface area (Å²) < 4.78 is 18.2. The van der Waals surface area contributed by atoms with Crippen LogP contribution in [0.4, 0.5) is 15.9 Å². The fraction of sp³-hybridized carbons (Fsp3) is 0.200. The largest absolute Gasteiger partial charge is 0.507 e. The molecule has 0 aliphatic rings. The SMILES string of the molecule is CC(C)OC(=N)c1c(O)cc(O)nc1Nc1ccc(F)cc1. The van der Waals surface area contributed by atoms with E-state index in [1.54, 1.807) is 13.8 Å². The van der Waals surface area contributed by atoms with Gasteiger partial charge in [-0.3, -0.25) is 5.41 Å². The van der Waals surface area contributed by atoms with Crippen molar-refractivity contribution in [2.24, 2.45) is 0 Å². The van der Waals surface area contributed by atoms with Crippen LogP contribution in [0.1, 0.15) is 19.4 Å². The fourth-order valence-electron chi connectivity index (χ4n) is 1.80. The maximum absolute atomic E-state index is 12.9. The maximum atomic E-state index is 12.9. The average Bonchev–Trinajstić information content (AvgIpc) is 2.39. The Morgan fingerprint density at radius 3 is 2.50 bits per heavy atom. The minimum Gasteiger partial charge on any atom is -0.507 e. The molecule has 0 fully saturated rings. The molecule has 0 saturated heterocycles. The van der Waals surface area contributed by atoms with Gasteiger partial charge in [-0.05, 0) is 38.1 Å². The van der Waals surface area contributed by atoms with Crippen molar-refractivity contribution < 1.29 is 19.3 Å². The molecule has 0 bridgehead atoms. The summed E-state index contributed by atoms with van der Waals surface area (Å²) >= 11 is 0. The lowest BCUT2D eigenvalue weighted by Gasteiger charge is -2.16. The third-order valence-corrected chi connectivity index (χ3v) is 2.67. The zero-order chi connectivity index (χ0) is 16.3. The number of nitrogens with zero attached hydrogens (tertiary/aromatic N) is 1. The molecule has 0 aliphatic heterocycles. The van der Waals surface area contributed by atoms with E-state index in [-0.39, 0.29) is 29.1 Å². The molecule has 22 heavy (non-hydrogen) atoms. The zero-order valence-corrected chi connectivity index (χ0v) is 12.1. The van der Waals surface area contributed by atoms with Crippen LogP contribution < -0.4 is 5.32 Å². The van der Waals surface area contributed by atoms with Crippen molar-refractivity contribution in [2.75, 3.05) is 5.32 Å². The van der Waals surface area contributed by atoms with E-state index in [2.05, 4.69) is 10.3 Å².